The molecular formula is C11H11Br2NO2. The smallest absolute Gasteiger partial charge is 0.255 e. The van der Waals surface area contributed by atoms with Gasteiger partial charge in [-0.15, -0.1) is 0 Å². The number of hydrogen-bond donors (Lipinski definition) is 1. The lowest BCUT2D eigenvalue weighted by atomic mass is 10.2. The average Bonchev–Trinajstić information content (AvgIpc) is 2.64. The summed E-state index contributed by atoms with van der Waals surface area (Å²) in [6.07, 6.45) is 0.290. The predicted octanol–water partition coefficient (Wildman–Crippen LogP) is 2.42. The Labute approximate surface area is 111 Å². The van der Waals surface area contributed by atoms with Crippen LogP contribution in [0.25, 0.3) is 0 Å². The van der Waals surface area contributed by atoms with E-state index >= 15 is 0 Å². The summed E-state index contributed by atoms with van der Waals surface area (Å²) >= 11 is 6.71. The normalized spacial score (nSPS) is 20.2. The number of aliphatic hydroxyl groups is 1. The zero-order valence-electron chi connectivity index (χ0n) is 8.49. The minimum atomic E-state index is -0.377. The molecule has 1 aromatic rings. The molecule has 0 spiro atoms. The molecule has 1 heterocycles. The van der Waals surface area contributed by atoms with E-state index in [0.717, 1.165) is 8.95 Å². The van der Waals surface area contributed by atoms with E-state index in [2.05, 4.69) is 31.9 Å². The van der Waals surface area contributed by atoms with Gasteiger partial charge in [0, 0.05) is 22.0 Å². The maximum Gasteiger partial charge on any atom is 0.255 e. The van der Waals surface area contributed by atoms with Gasteiger partial charge in [-0.05, 0) is 40.5 Å². The first kappa shape index (κ1) is 12.1. The van der Waals surface area contributed by atoms with Crippen molar-refractivity contribution in [2.24, 2.45) is 0 Å². The molecule has 1 atom stereocenters. The highest BCUT2D eigenvalue weighted by atomic mass is 79.9. The van der Waals surface area contributed by atoms with Gasteiger partial charge in [-0.25, -0.2) is 0 Å². The van der Waals surface area contributed by atoms with Gasteiger partial charge in [0.05, 0.1) is 11.7 Å². The fraction of sp³-hybridized carbons (Fsp3) is 0.364. The van der Waals surface area contributed by atoms with Crippen molar-refractivity contribution in [1.82, 2.24) is 4.90 Å². The summed E-state index contributed by atoms with van der Waals surface area (Å²) in [7, 11) is 0. The van der Waals surface area contributed by atoms with Crippen molar-refractivity contribution in [3.63, 3.8) is 0 Å². The third-order valence-electron chi connectivity index (χ3n) is 2.61. The Bertz CT molecular complexity index is 422. The number of amides is 1. The standard InChI is InChI=1S/C11H11Br2NO2/c12-7-1-2-9(10(13)5-7)11(16)14-4-3-8(15)6-14/h1-2,5,8,15H,3-4,6H2/t8-/m0/s1. The topological polar surface area (TPSA) is 40.5 Å². The van der Waals surface area contributed by atoms with Gasteiger partial charge < -0.3 is 10.0 Å². The Morgan fingerprint density at radius 2 is 2.19 bits per heavy atom. The van der Waals surface area contributed by atoms with Crippen LogP contribution in [-0.2, 0) is 0 Å². The Morgan fingerprint density at radius 3 is 2.75 bits per heavy atom. The third-order valence-corrected chi connectivity index (χ3v) is 3.76. The average molecular weight is 349 g/mol. The Morgan fingerprint density at radius 1 is 1.44 bits per heavy atom. The SMILES string of the molecule is O=C(c1ccc(Br)cc1Br)N1CC[C@H](O)C1. The number of β-amino-alcohol motifs (C(OH)–C–C–N with tert-alkyl or cyclic N) is 1. The highest BCUT2D eigenvalue weighted by Gasteiger charge is 2.26. The van der Waals surface area contributed by atoms with Crippen molar-refractivity contribution in [3.8, 4) is 0 Å². The van der Waals surface area contributed by atoms with E-state index < -0.39 is 0 Å². The lowest BCUT2D eigenvalue weighted by molar-refractivity contribution is 0.0764. The van der Waals surface area contributed by atoms with Gasteiger partial charge >= 0.3 is 0 Å². The second-order valence-corrected chi connectivity index (χ2v) is 5.59. The zero-order chi connectivity index (χ0) is 11.7. The van der Waals surface area contributed by atoms with Crippen LogP contribution in [-0.4, -0.2) is 35.1 Å². The van der Waals surface area contributed by atoms with Crippen LogP contribution in [0.15, 0.2) is 27.1 Å². The van der Waals surface area contributed by atoms with E-state index in [0.29, 0.717) is 25.1 Å². The van der Waals surface area contributed by atoms with Crippen molar-refractivity contribution < 1.29 is 9.90 Å². The van der Waals surface area contributed by atoms with Gasteiger partial charge in [-0.3, -0.25) is 4.79 Å². The molecule has 16 heavy (non-hydrogen) atoms. The Kier molecular flexibility index (Phi) is 3.66. The van der Waals surface area contributed by atoms with Gasteiger partial charge in [0.1, 0.15) is 0 Å². The highest BCUT2D eigenvalue weighted by molar-refractivity contribution is 9.11. The van der Waals surface area contributed by atoms with Gasteiger partial charge in [-0.1, -0.05) is 15.9 Å². The predicted molar refractivity (Wildman–Crippen MR) is 68.4 cm³/mol. The van der Waals surface area contributed by atoms with Crippen molar-refractivity contribution in [3.05, 3.63) is 32.7 Å². The van der Waals surface area contributed by atoms with E-state index in [1.165, 1.54) is 0 Å². The van der Waals surface area contributed by atoms with Crippen molar-refractivity contribution in [2.75, 3.05) is 13.1 Å². The molecule has 1 saturated heterocycles. The zero-order valence-corrected chi connectivity index (χ0v) is 11.7. The second-order valence-electron chi connectivity index (χ2n) is 3.82. The first-order valence-electron chi connectivity index (χ1n) is 5.00. The monoisotopic (exact) mass is 347 g/mol. The largest absolute Gasteiger partial charge is 0.391 e. The summed E-state index contributed by atoms with van der Waals surface area (Å²) in [4.78, 5) is 13.8. The maximum atomic E-state index is 12.1. The fourth-order valence-electron chi connectivity index (χ4n) is 1.76. The molecule has 5 heteroatoms. The molecule has 1 fully saturated rings. The number of carbonyl (C=O) groups is 1. The summed E-state index contributed by atoms with van der Waals surface area (Å²) < 4.78 is 1.70. The molecule has 0 unspecified atom stereocenters. The lowest BCUT2D eigenvalue weighted by Crippen LogP contribution is -2.29. The van der Waals surface area contributed by atoms with Gasteiger partial charge in [0.25, 0.3) is 5.91 Å². The van der Waals surface area contributed by atoms with Crippen LogP contribution in [0.2, 0.25) is 0 Å². The number of rotatable bonds is 1. The van der Waals surface area contributed by atoms with Crippen LogP contribution >= 0.6 is 31.9 Å². The van der Waals surface area contributed by atoms with Gasteiger partial charge in [0.15, 0.2) is 0 Å². The number of hydrogen-bond acceptors (Lipinski definition) is 2. The molecule has 86 valence electrons. The van der Waals surface area contributed by atoms with E-state index in [9.17, 15) is 9.90 Å². The molecule has 1 amide bonds. The van der Waals surface area contributed by atoms with Crippen molar-refractivity contribution in [2.45, 2.75) is 12.5 Å². The number of halogens is 2. The number of aliphatic hydroxyl groups excluding tert-OH is 1. The molecule has 0 bridgehead atoms. The van der Waals surface area contributed by atoms with Crippen LogP contribution in [0, 0.1) is 0 Å². The van der Waals surface area contributed by atoms with E-state index in [-0.39, 0.29) is 12.0 Å². The molecule has 0 aromatic heterocycles. The van der Waals surface area contributed by atoms with Gasteiger partial charge in [0.2, 0.25) is 0 Å². The summed E-state index contributed by atoms with van der Waals surface area (Å²) in [6, 6.07) is 5.46. The summed E-state index contributed by atoms with van der Waals surface area (Å²) in [5.41, 5.74) is 0.636. The molecule has 0 saturated carbocycles. The van der Waals surface area contributed by atoms with Crippen LogP contribution in [0.1, 0.15) is 16.8 Å². The Balaban J connectivity index is 2.21. The molecule has 1 N–H and O–H groups in total. The summed E-state index contributed by atoms with van der Waals surface area (Å²) in [5, 5.41) is 9.40. The lowest BCUT2D eigenvalue weighted by Gasteiger charge is -2.16. The summed E-state index contributed by atoms with van der Waals surface area (Å²) in [6.45, 7) is 1.06. The fourth-order valence-corrected chi connectivity index (χ4v) is 2.98. The quantitative estimate of drug-likeness (QED) is 0.846. The van der Waals surface area contributed by atoms with Crippen molar-refractivity contribution >= 4 is 37.8 Å². The molecule has 0 radical (unpaired) electrons. The number of likely N-dealkylation sites (tertiary alicyclic amines) is 1. The van der Waals surface area contributed by atoms with Crippen LogP contribution in [0.5, 0.6) is 0 Å². The van der Waals surface area contributed by atoms with Crippen LogP contribution < -0.4 is 0 Å². The van der Waals surface area contributed by atoms with Crippen molar-refractivity contribution in [1.29, 1.82) is 0 Å². The van der Waals surface area contributed by atoms with Crippen LogP contribution in [0.3, 0.4) is 0 Å². The van der Waals surface area contributed by atoms with E-state index in [1.54, 1.807) is 11.0 Å². The molecule has 0 aliphatic carbocycles. The first-order valence-corrected chi connectivity index (χ1v) is 6.59. The van der Waals surface area contributed by atoms with E-state index in [1.807, 2.05) is 12.1 Å². The van der Waals surface area contributed by atoms with Crippen LogP contribution in [0.4, 0.5) is 0 Å². The number of carbonyl (C=O) groups excluding carboxylic acids is 1. The van der Waals surface area contributed by atoms with E-state index in [4.69, 9.17) is 0 Å². The first-order chi connectivity index (χ1) is 7.58. The number of benzene rings is 1. The molecule has 1 aliphatic rings. The minimum absolute atomic E-state index is 0.0316. The molecule has 1 aromatic carbocycles. The molecule has 2 rings (SSSR count). The second kappa shape index (κ2) is 4.85. The molecule has 1 aliphatic heterocycles. The summed E-state index contributed by atoms with van der Waals surface area (Å²) in [5.74, 6) is -0.0316. The third kappa shape index (κ3) is 2.47. The minimum Gasteiger partial charge on any atom is -0.391 e. The molecule has 3 nitrogen and oxygen atoms in total. The number of nitrogens with zero attached hydrogens (tertiary/aromatic N) is 1. The Hall–Kier alpha value is -0.390. The highest BCUT2D eigenvalue weighted by Crippen LogP contribution is 2.24. The molecular weight excluding hydrogens is 338 g/mol. The van der Waals surface area contributed by atoms with Gasteiger partial charge in [-0.2, -0.15) is 0 Å². The maximum absolute atomic E-state index is 12.1.